The number of pyridine rings is 1. The predicted molar refractivity (Wildman–Crippen MR) is 141 cm³/mol. The molecule has 37 heavy (non-hydrogen) atoms. The van der Waals surface area contributed by atoms with Crippen LogP contribution in [0.1, 0.15) is 65.9 Å². The standard InChI is InChI=1S/C26H34N4O5S2/c1-18-12-13-23(36-18)26(33)29-21(16-19-8-3-2-4-9-19)25(32)28-20-10-7-15-30(17-22(20)31)37(34,35)24-11-5-6-14-27-24/h5-6,11-14,19-21H,2-4,7-10,15-17H2,1H3,(H,28,32)(H,29,33)/t20-,21+/m1/s1. The number of ketones is 1. The number of rotatable bonds is 8. The lowest BCUT2D eigenvalue weighted by molar-refractivity contribution is -0.129. The van der Waals surface area contributed by atoms with Crippen molar-refractivity contribution in [2.45, 2.75) is 75.4 Å². The number of sulfonamides is 1. The van der Waals surface area contributed by atoms with Gasteiger partial charge in [0.25, 0.3) is 15.9 Å². The molecule has 4 rings (SSSR count). The van der Waals surface area contributed by atoms with Crippen LogP contribution in [0, 0.1) is 12.8 Å². The van der Waals surface area contributed by atoms with Crippen LogP contribution in [0.2, 0.25) is 0 Å². The SMILES string of the molecule is Cc1ccc(C(=O)N[C@@H](CC2CCCCC2)C(=O)N[C@@H]2CCCN(S(=O)(=O)c3ccccn3)CC2=O)s1. The third-order valence-corrected chi connectivity index (χ3v) is 9.82. The zero-order valence-electron chi connectivity index (χ0n) is 21.0. The monoisotopic (exact) mass is 546 g/mol. The molecule has 1 saturated carbocycles. The molecule has 2 aromatic heterocycles. The second-order valence-electron chi connectivity index (χ2n) is 9.85. The fraction of sp³-hybridized carbons (Fsp3) is 0.538. The van der Waals surface area contributed by atoms with Gasteiger partial charge in [0.2, 0.25) is 5.91 Å². The number of aromatic nitrogens is 1. The van der Waals surface area contributed by atoms with E-state index in [-0.39, 0.29) is 29.8 Å². The van der Waals surface area contributed by atoms with E-state index in [4.69, 9.17) is 0 Å². The Morgan fingerprint density at radius 3 is 2.57 bits per heavy atom. The number of aryl methyl sites for hydroxylation is 1. The van der Waals surface area contributed by atoms with E-state index in [1.54, 1.807) is 18.2 Å². The van der Waals surface area contributed by atoms with E-state index in [0.29, 0.717) is 30.1 Å². The normalized spacial score (nSPS) is 20.7. The summed E-state index contributed by atoms with van der Waals surface area (Å²) in [5, 5.41) is 5.63. The smallest absolute Gasteiger partial charge is 0.262 e. The van der Waals surface area contributed by atoms with Gasteiger partial charge in [-0.25, -0.2) is 13.4 Å². The third-order valence-electron chi connectivity index (χ3n) is 7.06. The number of carbonyl (C=O) groups is 3. The van der Waals surface area contributed by atoms with E-state index in [1.165, 1.54) is 30.0 Å². The first kappa shape index (κ1) is 27.4. The Morgan fingerprint density at radius 2 is 1.89 bits per heavy atom. The van der Waals surface area contributed by atoms with Crippen molar-refractivity contribution in [3.8, 4) is 0 Å². The Labute approximate surface area is 222 Å². The quantitative estimate of drug-likeness (QED) is 0.524. The van der Waals surface area contributed by atoms with Crippen molar-refractivity contribution >= 4 is 39.0 Å². The number of Topliss-reactive ketones (excluding diaryl/α,β-unsaturated/α-hetero) is 1. The molecule has 0 unspecified atom stereocenters. The fourth-order valence-corrected chi connectivity index (χ4v) is 7.18. The molecular formula is C26H34N4O5S2. The average molecular weight is 547 g/mol. The third kappa shape index (κ3) is 7.03. The van der Waals surface area contributed by atoms with Gasteiger partial charge in [0.1, 0.15) is 6.04 Å². The first-order valence-electron chi connectivity index (χ1n) is 12.9. The first-order chi connectivity index (χ1) is 17.7. The van der Waals surface area contributed by atoms with E-state index >= 15 is 0 Å². The van der Waals surface area contributed by atoms with Crippen molar-refractivity contribution in [1.29, 1.82) is 0 Å². The van der Waals surface area contributed by atoms with Crippen LogP contribution in [0.3, 0.4) is 0 Å². The van der Waals surface area contributed by atoms with Gasteiger partial charge in [-0.1, -0.05) is 38.2 Å². The molecule has 200 valence electrons. The molecule has 2 aromatic rings. The van der Waals surface area contributed by atoms with Gasteiger partial charge in [0, 0.05) is 17.6 Å². The second-order valence-corrected chi connectivity index (χ2v) is 13.0. The Balaban J connectivity index is 1.44. The molecular weight excluding hydrogens is 512 g/mol. The largest absolute Gasteiger partial charge is 0.344 e. The minimum atomic E-state index is -3.92. The molecule has 2 amide bonds. The van der Waals surface area contributed by atoms with Crippen LogP contribution in [-0.4, -0.2) is 60.5 Å². The maximum Gasteiger partial charge on any atom is 0.262 e. The summed E-state index contributed by atoms with van der Waals surface area (Å²) in [7, 11) is -3.92. The lowest BCUT2D eigenvalue weighted by atomic mass is 9.84. The van der Waals surface area contributed by atoms with Gasteiger partial charge >= 0.3 is 0 Å². The zero-order chi connectivity index (χ0) is 26.4. The van der Waals surface area contributed by atoms with Crippen molar-refractivity contribution in [3.05, 3.63) is 46.3 Å². The molecule has 1 aliphatic heterocycles. The summed E-state index contributed by atoms with van der Waals surface area (Å²) < 4.78 is 27.1. The highest BCUT2D eigenvalue weighted by Crippen LogP contribution is 2.28. The Hall–Kier alpha value is -2.63. The van der Waals surface area contributed by atoms with Crippen LogP contribution in [0.15, 0.2) is 41.6 Å². The van der Waals surface area contributed by atoms with Gasteiger partial charge in [-0.2, -0.15) is 4.31 Å². The molecule has 2 N–H and O–H groups in total. The minimum Gasteiger partial charge on any atom is -0.344 e. The van der Waals surface area contributed by atoms with E-state index in [9.17, 15) is 22.8 Å². The fourth-order valence-electron chi connectivity index (χ4n) is 5.03. The van der Waals surface area contributed by atoms with Crippen LogP contribution in [0.5, 0.6) is 0 Å². The molecule has 9 nitrogen and oxygen atoms in total. The molecule has 1 saturated heterocycles. The maximum absolute atomic E-state index is 13.4. The summed E-state index contributed by atoms with van der Waals surface area (Å²) in [5.74, 6) is -0.735. The van der Waals surface area contributed by atoms with Crippen molar-refractivity contribution in [2.24, 2.45) is 5.92 Å². The van der Waals surface area contributed by atoms with Crippen LogP contribution in [-0.2, 0) is 19.6 Å². The van der Waals surface area contributed by atoms with Gasteiger partial charge in [-0.05, 0) is 56.4 Å². The summed E-state index contributed by atoms with van der Waals surface area (Å²) >= 11 is 1.37. The average Bonchev–Trinajstić information content (AvgIpc) is 3.25. The number of nitrogens with zero attached hydrogens (tertiary/aromatic N) is 2. The molecule has 1 aliphatic carbocycles. The number of amides is 2. The number of thiophene rings is 1. The Bertz CT molecular complexity index is 1210. The van der Waals surface area contributed by atoms with Gasteiger partial charge in [0.15, 0.2) is 10.8 Å². The highest BCUT2D eigenvalue weighted by Gasteiger charge is 2.35. The lowest BCUT2D eigenvalue weighted by Crippen LogP contribution is -2.53. The van der Waals surface area contributed by atoms with E-state index in [1.807, 2.05) is 13.0 Å². The maximum atomic E-state index is 13.4. The predicted octanol–water partition coefficient (Wildman–Crippen LogP) is 3.06. The van der Waals surface area contributed by atoms with Gasteiger partial charge < -0.3 is 10.6 Å². The van der Waals surface area contributed by atoms with Crippen molar-refractivity contribution in [2.75, 3.05) is 13.1 Å². The van der Waals surface area contributed by atoms with Crippen LogP contribution in [0.4, 0.5) is 0 Å². The first-order valence-corrected chi connectivity index (χ1v) is 15.1. The minimum absolute atomic E-state index is 0.107. The summed E-state index contributed by atoms with van der Waals surface area (Å²) in [6.45, 7) is 1.75. The van der Waals surface area contributed by atoms with Crippen molar-refractivity contribution in [1.82, 2.24) is 19.9 Å². The van der Waals surface area contributed by atoms with E-state index < -0.39 is 28.0 Å². The summed E-state index contributed by atoms with van der Waals surface area (Å²) in [6, 6.07) is 6.65. The number of nitrogens with one attached hydrogen (secondary N) is 2. The second kappa shape index (κ2) is 12.3. The molecule has 0 spiro atoms. The van der Waals surface area contributed by atoms with E-state index in [2.05, 4.69) is 15.6 Å². The lowest BCUT2D eigenvalue weighted by Gasteiger charge is -2.27. The molecule has 0 bridgehead atoms. The number of hydrogen-bond acceptors (Lipinski definition) is 7. The topological polar surface area (TPSA) is 126 Å². The summed E-state index contributed by atoms with van der Waals surface area (Å²) in [4.78, 5) is 44.8. The zero-order valence-corrected chi connectivity index (χ0v) is 22.7. The Kier molecular flexibility index (Phi) is 9.09. The van der Waals surface area contributed by atoms with Crippen LogP contribution < -0.4 is 10.6 Å². The molecule has 11 heteroatoms. The highest BCUT2D eigenvalue weighted by molar-refractivity contribution is 7.89. The number of hydrogen-bond donors (Lipinski definition) is 2. The molecule has 2 atom stereocenters. The van der Waals surface area contributed by atoms with Crippen LogP contribution >= 0.6 is 11.3 Å². The molecule has 2 aliphatic rings. The summed E-state index contributed by atoms with van der Waals surface area (Å²) in [5.41, 5.74) is 0. The van der Waals surface area contributed by atoms with E-state index in [0.717, 1.165) is 34.9 Å². The van der Waals surface area contributed by atoms with Gasteiger partial charge in [-0.3, -0.25) is 14.4 Å². The molecule has 2 fully saturated rings. The number of carbonyl (C=O) groups excluding carboxylic acids is 3. The Morgan fingerprint density at radius 1 is 1.11 bits per heavy atom. The van der Waals surface area contributed by atoms with Gasteiger partial charge in [0.05, 0.1) is 17.5 Å². The summed E-state index contributed by atoms with van der Waals surface area (Å²) in [6.07, 6.45) is 8.09. The molecule has 0 aromatic carbocycles. The molecule has 3 heterocycles. The van der Waals surface area contributed by atoms with Crippen LogP contribution in [0.25, 0.3) is 0 Å². The van der Waals surface area contributed by atoms with Crippen molar-refractivity contribution in [3.63, 3.8) is 0 Å². The highest BCUT2D eigenvalue weighted by atomic mass is 32.2. The molecule has 0 radical (unpaired) electrons. The van der Waals surface area contributed by atoms with Gasteiger partial charge in [-0.15, -0.1) is 11.3 Å². The van der Waals surface area contributed by atoms with Crippen molar-refractivity contribution < 1.29 is 22.8 Å².